The molecule has 0 amide bonds. The maximum atomic E-state index is 12.5. The summed E-state index contributed by atoms with van der Waals surface area (Å²) >= 11 is 0. The molecule has 0 fully saturated rings. The normalized spacial score (nSPS) is 12.3. The fraction of sp³-hybridized carbons (Fsp3) is 0.0667. The highest BCUT2D eigenvalue weighted by atomic mass is 32.2. The largest absolute Gasteiger partial charge is 0.534 e. The standard InChI is InChI=1S/C15H9F3N2O3S/c16-15(17,18)24(21,22)23-12-8-4-7-11-13(19-9-20-14(11)12)10-5-2-1-3-6-10/h1-9H. The van der Waals surface area contributed by atoms with Gasteiger partial charge in [0.1, 0.15) is 11.8 Å². The Hall–Kier alpha value is -2.68. The lowest BCUT2D eigenvalue weighted by Gasteiger charge is -2.12. The van der Waals surface area contributed by atoms with Crippen LogP contribution in [0.15, 0.2) is 54.9 Å². The van der Waals surface area contributed by atoms with E-state index in [-0.39, 0.29) is 5.52 Å². The Kier molecular flexibility index (Phi) is 3.88. The number of alkyl halides is 3. The van der Waals surface area contributed by atoms with Crippen molar-refractivity contribution in [3.8, 4) is 17.0 Å². The van der Waals surface area contributed by atoms with Crippen molar-refractivity contribution < 1.29 is 25.8 Å². The third kappa shape index (κ3) is 2.90. The number of fused-ring (bicyclic) bond motifs is 1. The first-order valence-electron chi connectivity index (χ1n) is 6.59. The van der Waals surface area contributed by atoms with Gasteiger partial charge in [0.05, 0.1) is 5.69 Å². The van der Waals surface area contributed by atoms with Gasteiger partial charge in [0.25, 0.3) is 0 Å². The average molecular weight is 354 g/mol. The van der Waals surface area contributed by atoms with Gasteiger partial charge in [-0.2, -0.15) is 21.6 Å². The zero-order chi connectivity index (χ0) is 17.4. The molecule has 0 aliphatic carbocycles. The summed E-state index contributed by atoms with van der Waals surface area (Å²) in [6.07, 6.45) is 1.14. The van der Waals surface area contributed by atoms with Crippen molar-refractivity contribution in [2.45, 2.75) is 5.51 Å². The second-order valence-corrected chi connectivity index (χ2v) is 6.26. The van der Waals surface area contributed by atoms with E-state index in [0.717, 1.165) is 12.4 Å². The second-order valence-electron chi connectivity index (χ2n) is 4.72. The lowest BCUT2D eigenvalue weighted by molar-refractivity contribution is -0.0499. The van der Waals surface area contributed by atoms with Crippen LogP contribution in [-0.2, 0) is 10.1 Å². The summed E-state index contributed by atoms with van der Waals surface area (Å²) in [5.41, 5.74) is -4.39. The third-order valence-corrected chi connectivity index (χ3v) is 4.12. The zero-order valence-electron chi connectivity index (χ0n) is 11.9. The predicted octanol–water partition coefficient (Wildman–Crippen LogP) is 3.53. The van der Waals surface area contributed by atoms with Crippen molar-refractivity contribution in [3.63, 3.8) is 0 Å². The number of para-hydroxylation sites is 1. The van der Waals surface area contributed by atoms with Crippen molar-refractivity contribution in [1.82, 2.24) is 9.97 Å². The Bertz CT molecular complexity index is 990. The number of hydrogen-bond acceptors (Lipinski definition) is 5. The monoisotopic (exact) mass is 354 g/mol. The van der Waals surface area contributed by atoms with E-state index in [0.29, 0.717) is 16.6 Å². The minimum Gasteiger partial charge on any atom is -0.374 e. The molecule has 0 unspecified atom stereocenters. The SMILES string of the molecule is O=S(=O)(Oc1cccc2c(-c3ccccc3)ncnc12)C(F)(F)F. The van der Waals surface area contributed by atoms with Gasteiger partial charge in [-0.3, -0.25) is 0 Å². The van der Waals surface area contributed by atoms with Crippen LogP contribution in [0.1, 0.15) is 0 Å². The van der Waals surface area contributed by atoms with Gasteiger partial charge in [-0.1, -0.05) is 42.5 Å². The molecule has 3 aromatic rings. The predicted molar refractivity (Wildman–Crippen MR) is 80.6 cm³/mol. The maximum absolute atomic E-state index is 12.5. The van der Waals surface area contributed by atoms with Crippen molar-refractivity contribution in [3.05, 3.63) is 54.9 Å². The summed E-state index contributed by atoms with van der Waals surface area (Å²) in [5, 5.41) is 0.374. The minimum atomic E-state index is -5.78. The summed E-state index contributed by atoms with van der Waals surface area (Å²) in [7, 11) is -5.78. The van der Waals surface area contributed by atoms with Crippen LogP contribution >= 0.6 is 0 Å². The van der Waals surface area contributed by atoms with Crippen LogP contribution in [0.5, 0.6) is 5.75 Å². The van der Waals surface area contributed by atoms with Gasteiger partial charge in [-0.05, 0) is 6.07 Å². The molecule has 0 radical (unpaired) electrons. The lowest BCUT2D eigenvalue weighted by atomic mass is 10.1. The summed E-state index contributed by atoms with van der Waals surface area (Å²) in [6.45, 7) is 0. The first-order valence-corrected chi connectivity index (χ1v) is 8.00. The van der Waals surface area contributed by atoms with Crippen molar-refractivity contribution in [1.29, 1.82) is 0 Å². The van der Waals surface area contributed by atoms with Gasteiger partial charge in [-0.15, -0.1) is 0 Å². The highest BCUT2D eigenvalue weighted by Gasteiger charge is 2.48. The van der Waals surface area contributed by atoms with Crippen molar-refractivity contribution in [2.75, 3.05) is 0 Å². The smallest absolute Gasteiger partial charge is 0.374 e. The molecule has 0 saturated heterocycles. The van der Waals surface area contributed by atoms with Crippen molar-refractivity contribution >= 4 is 21.0 Å². The van der Waals surface area contributed by atoms with Gasteiger partial charge >= 0.3 is 15.6 Å². The van der Waals surface area contributed by atoms with E-state index >= 15 is 0 Å². The fourth-order valence-corrected chi connectivity index (χ4v) is 2.58. The maximum Gasteiger partial charge on any atom is 0.534 e. The molecule has 2 aromatic carbocycles. The molecule has 1 aromatic heterocycles. The molecule has 0 aliphatic rings. The number of rotatable bonds is 3. The Labute approximate surface area is 134 Å². The van der Waals surface area contributed by atoms with E-state index in [1.165, 1.54) is 6.07 Å². The van der Waals surface area contributed by atoms with E-state index in [9.17, 15) is 21.6 Å². The average Bonchev–Trinajstić information content (AvgIpc) is 2.54. The Morgan fingerprint density at radius 1 is 0.917 bits per heavy atom. The molecule has 9 heteroatoms. The van der Waals surface area contributed by atoms with Crippen molar-refractivity contribution in [2.24, 2.45) is 0 Å². The van der Waals surface area contributed by atoms with Crippen LogP contribution in [0.3, 0.4) is 0 Å². The molecule has 0 bridgehead atoms. The van der Waals surface area contributed by atoms with E-state index in [1.807, 2.05) is 0 Å². The van der Waals surface area contributed by atoms with Gasteiger partial charge < -0.3 is 4.18 Å². The first-order chi connectivity index (χ1) is 11.3. The molecule has 124 valence electrons. The topological polar surface area (TPSA) is 69.2 Å². The van der Waals surface area contributed by atoms with Gasteiger partial charge in [0.15, 0.2) is 5.75 Å². The quantitative estimate of drug-likeness (QED) is 0.532. The number of hydrogen-bond donors (Lipinski definition) is 0. The van der Waals surface area contributed by atoms with E-state index in [2.05, 4.69) is 14.2 Å². The van der Waals surface area contributed by atoms with E-state index in [1.54, 1.807) is 36.4 Å². The Morgan fingerprint density at radius 2 is 1.62 bits per heavy atom. The summed E-state index contributed by atoms with van der Waals surface area (Å²) in [6, 6.07) is 12.9. The number of benzene rings is 2. The Balaban J connectivity index is 2.16. The van der Waals surface area contributed by atoms with Crippen LogP contribution in [0.4, 0.5) is 13.2 Å². The molecule has 0 aliphatic heterocycles. The number of aromatic nitrogens is 2. The lowest BCUT2D eigenvalue weighted by Crippen LogP contribution is -2.28. The van der Waals surface area contributed by atoms with Crippen LogP contribution in [0, 0.1) is 0 Å². The molecule has 0 saturated carbocycles. The molecular weight excluding hydrogens is 345 g/mol. The highest BCUT2D eigenvalue weighted by molar-refractivity contribution is 7.88. The number of nitrogens with zero attached hydrogens (tertiary/aromatic N) is 2. The second kappa shape index (κ2) is 5.75. The first kappa shape index (κ1) is 16.2. The van der Waals surface area contributed by atoms with Gasteiger partial charge in [0.2, 0.25) is 0 Å². The third-order valence-electron chi connectivity index (χ3n) is 3.16. The zero-order valence-corrected chi connectivity index (χ0v) is 12.7. The van der Waals surface area contributed by atoms with E-state index in [4.69, 9.17) is 0 Å². The molecular formula is C15H9F3N2O3S. The minimum absolute atomic E-state index is 0.0285. The molecule has 1 heterocycles. The molecule has 0 N–H and O–H groups in total. The van der Waals surface area contributed by atoms with Gasteiger partial charge in [0, 0.05) is 10.9 Å². The van der Waals surface area contributed by atoms with Crippen LogP contribution in [-0.4, -0.2) is 23.9 Å². The molecule has 0 atom stereocenters. The van der Waals surface area contributed by atoms with Crippen LogP contribution < -0.4 is 4.18 Å². The van der Waals surface area contributed by atoms with Gasteiger partial charge in [-0.25, -0.2) is 9.97 Å². The number of halogens is 3. The highest BCUT2D eigenvalue weighted by Crippen LogP contribution is 2.33. The molecule has 24 heavy (non-hydrogen) atoms. The fourth-order valence-electron chi connectivity index (χ4n) is 2.12. The summed E-state index contributed by atoms with van der Waals surface area (Å²) in [4.78, 5) is 7.99. The molecule has 0 spiro atoms. The van der Waals surface area contributed by atoms with Crippen LogP contribution in [0.25, 0.3) is 22.2 Å². The van der Waals surface area contributed by atoms with Crippen LogP contribution in [0.2, 0.25) is 0 Å². The van der Waals surface area contributed by atoms with E-state index < -0.39 is 21.4 Å². The Morgan fingerprint density at radius 3 is 2.29 bits per heavy atom. The summed E-state index contributed by atoms with van der Waals surface area (Å²) in [5.74, 6) is -0.510. The molecule has 3 rings (SSSR count). The molecule has 5 nitrogen and oxygen atoms in total. The summed E-state index contributed by atoms with van der Waals surface area (Å²) < 4.78 is 64.2.